The molecule has 5 heteroatoms. The highest BCUT2D eigenvalue weighted by Crippen LogP contribution is 2.17. The van der Waals surface area contributed by atoms with E-state index in [1.165, 1.54) is 4.90 Å². The minimum absolute atomic E-state index is 0.493. The van der Waals surface area contributed by atoms with Crippen molar-refractivity contribution in [2.75, 3.05) is 4.90 Å². The Morgan fingerprint density at radius 1 is 1.67 bits per heavy atom. The summed E-state index contributed by atoms with van der Waals surface area (Å²) >= 11 is 0. The lowest BCUT2D eigenvalue weighted by atomic mass is 10.4. The summed E-state index contributed by atoms with van der Waals surface area (Å²) in [5.41, 5.74) is 5.14. The van der Waals surface area contributed by atoms with Gasteiger partial charge in [0.15, 0.2) is 0 Å². The lowest BCUT2D eigenvalue weighted by molar-refractivity contribution is 0.255. The second kappa shape index (κ2) is 2.37. The van der Waals surface area contributed by atoms with E-state index in [9.17, 15) is 4.79 Å². The van der Waals surface area contributed by atoms with Gasteiger partial charge in [-0.2, -0.15) is 5.10 Å². The molecule has 1 aliphatic rings. The minimum Gasteiger partial charge on any atom is -0.351 e. The largest absolute Gasteiger partial charge is 0.351 e. The van der Waals surface area contributed by atoms with Gasteiger partial charge in [-0.3, -0.25) is 4.90 Å². The molecule has 0 bridgehead atoms. The number of nitrogens with zero attached hydrogens (tertiary/aromatic N) is 3. The van der Waals surface area contributed by atoms with Crippen LogP contribution in [0.5, 0.6) is 0 Å². The highest BCUT2D eigenvalue weighted by molar-refractivity contribution is 5.91. The van der Waals surface area contributed by atoms with Crippen molar-refractivity contribution in [3.63, 3.8) is 0 Å². The molecule has 12 heavy (non-hydrogen) atoms. The van der Waals surface area contributed by atoms with Crippen LogP contribution in [0.3, 0.4) is 0 Å². The van der Waals surface area contributed by atoms with E-state index in [4.69, 9.17) is 5.73 Å². The van der Waals surface area contributed by atoms with Crippen molar-refractivity contribution >= 4 is 11.8 Å². The molecule has 2 heterocycles. The first-order chi connectivity index (χ1) is 5.79. The van der Waals surface area contributed by atoms with E-state index in [1.54, 1.807) is 23.1 Å². The molecule has 62 valence electrons. The highest BCUT2D eigenvalue weighted by atomic mass is 16.2. The maximum Gasteiger partial charge on any atom is 0.324 e. The van der Waals surface area contributed by atoms with Gasteiger partial charge in [0.25, 0.3) is 0 Å². The number of hydrogen-bond donors (Lipinski definition) is 1. The maximum atomic E-state index is 10.9. The van der Waals surface area contributed by atoms with Crippen LogP contribution < -0.4 is 10.6 Å². The van der Waals surface area contributed by atoms with E-state index in [1.807, 2.05) is 6.08 Å². The zero-order valence-corrected chi connectivity index (χ0v) is 6.34. The number of carbonyl (C=O) groups is 1. The molecule has 0 saturated carbocycles. The predicted octanol–water partition coefficient (Wildman–Crippen LogP) is 0.295. The fraction of sp³-hybridized carbons (Fsp3) is 0.143. The van der Waals surface area contributed by atoms with E-state index in [-0.39, 0.29) is 0 Å². The monoisotopic (exact) mass is 164 g/mol. The van der Waals surface area contributed by atoms with E-state index < -0.39 is 6.03 Å². The van der Waals surface area contributed by atoms with Crippen LogP contribution in [0.1, 0.15) is 0 Å². The molecule has 0 saturated heterocycles. The molecular weight excluding hydrogens is 156 g/mol. The Hall–Kier alpha value is -1.78. The molecular formula is C7H8N4O. The van der Waals surface area contributed by atoms with Crippen molar-refractivity contribution in [1.29, 1.82) is 0 Å². The van der Waals surface area contributed by atoms with Crippen LogP contribution in [0.4, 0.5) is 10.6 Å². The number of aromatic nitrogens is 2. The van der Waals surface area contributed by atoms with Crippen molar-refractivity contribution < 1.29 is 4.79 Å². The summed E-state index contributed by atoms with van der Waals surface area (Å²) < 4.78 is 1.70. The van der Waals surface area contributed by atoms with Crippen LogP contribution in [0, 0.1) is 0 Å². The van der Waals surface area contributed by atoms with E-state index in [0.29, 0.717) is 12.4 Å². The molecule has 2 rings (SSSR count). The number of carbonyl (C=O) groups excluding carboxylic acids is 1. The van der Waals surface area contributed by atoms with E-state index >= 15 is 0 Å². The van der Waals surface area contributed by atoms with Gasteiger partial charge in [-0.15, -0.1) is 0 Å². The van der Waals surface area contributed by atoms with Gasteiger partial charge >= 0.3 is 6.03 Å². The zero-order valence-electron chi connectivity index (χ0n) is 6.34. The first kappa shape index (κ1) is 6.90. The Kier molecular flexibility index (Phi) is 1.36. The SMILES string of the molecule is NC(=O)N1C=CCn2nccc21. The van der Waals surface area contributed by atoms with Crippen LogP contribution in [0.2, 0.25) is 0 Å². The van der Waals surface area contributed by atoms with Gasteiger partial charge in [0.2, 0.25) is 0 Å². The summed E-state index contributed by atoms with van der Waals surface area (Å²) in [5.74, 6) is 0.713. The Morgan fingerprint density at radius 3 is 3.25 bits per heavy atom. The molecule has 0 unspecified atom stereocenters. The molecule has 1 aromatic rings. The molecule has 1 aromatic heterocycles. The quantitative estimate of drug-likeness (QED) is 0.599. The molecule has 1 aliphatic heterocycles. The first-order valence-electron chi connectivity index (χ1n) is 3.56. The molecule has 2 N–H and O–H groups in total. The van der Waals surface area contributed by atoms with Crippen LogP contribution >= 0.6 is 0 Å². The van der Waals surface area contributed by atoms with Crippen molar-refractivity contribution in [2.45, 2.75) is 6.54 Å². The predicted molar refractivity (Wildman–Crippen MR) is 43.4 cm³/mol. The van der Waals surface area contributed by atoms with Crippen molar-refractivity contribution in [1.82, 2.24) is 9.78 Å². The Labute approximate surface area is 69.1 Å². The highest BCUT2D eigenvalue weighted by Gasteiger charge is 2.16. The van der Waals surface area contributed by atoms with Gasteiger partial charge in [0.05, 0.1) is 12.7 Å². The van der Waals surface area contributed by atoms with E-state index in [0.717, 1.165) is 0 Å². The van der Waals surface area contributed by atoms with Crippen molar-refractivity contribution in [3.05, 3.63) is 24.5 Å². The number of primary amides is 1. The molecule has 2 amide bonds. The average Bonchev–Trinajstić information content (AvgIpc) is 2.49. The molecule has 0 fully saturated rings. The molecule has 0 radical (unpaired) electrons. The fourth-order valence-electron chi connectivity index (χ4n) is 1.19. The average molecular weight is 164 g/mol. The van der Waals surface area contributed by atoms with Crippen LogP contribution in [0.15, 0.2) is 24.5 Å². The number of urea groups is 1. The Morgan fingerprint density at radius 2 is 2.50 bits per heavy atom. The zero-order chi connectivity index (χ0) is 8.55. The molecule has 5 nitrogen and oxygen atoms in total. The van der Waals surface area contributed by atoms with E-state index in [2.05, 4.69) is 5.10 Å². The smallest absolute Gasteiger partial charge is 0.324 e. The molecule has 0 aliphatic carbocycles. The summed E-state index contributed by atoms with van der Waals surface area (Å²) in [6.07, 6.45) is 5.11. The lowest BCUT2D eigenvalue weighted by Gasteiger charge is -2.19. The molecule has 0 atom stereocenters. The summed E-state index contributed by atoms with van der Waals surface area (Å²) in [7, 11) is 0. The van der Waals surface area contributed by atoms with Crippen LogP contribution in [0.25, 0.3) is 0 Å². The second-order valence-corrected chi connectivity index (χ2v) is 2.46. The topological polar surface area (TPSA) is 64.2 Å². The van der Waals surface area contributed by atoms with Gasteiger partial charge in [0.1, 0.15) is 5.82 Å². The lowest BCUT2D eigenvalue weighted by Crippen LogP contribution is -2.34. The van der Waals surface area contributed by atoms with Gasteiger partial charge in [-0.25, -0.2) is 9.48 Å². The summed E-state index contributed by atoms with van der Waals surface area (Å²) in [6, 6.07) is 1.25. The number of rotatable bonds is 0. The summed E-state index contributed by atoms with van der Waals surface area (Å²) in [5, 5.41) is 4.01. The third kappa shape index (κ3) is 0.868. The Balaban J connectivity index is 2.44. The number of amides is 2. The van der Waals surface area contributed by atoms with Crippen LogP contribution in [-0.4, -0.2) is 15.8 Å². The third-order valence-electron chi connectivity index (χ3n) is 1.71. The third-order valence-corrected chi connectivity index (χ3v) is 1.71. The minimum atomic E-state index is -0.493. The van der Waals surface area contributed by atoms with Gasteiger partial charge < -0.3 is 5.73 Å². The van der Waals surface area contributed by atoms with Gasteiger partial charge in [-0.1, -0.05) is 0 Å². The standard InChI is InChI=1S/C7H8N4O/c8-7(12)10-4-1-5-11-6(10)2-3-9-11/h1-4H,5H2,(H2,8,12). The summed E-state index contributed by atoms with van der Waals surface area (Å²) in [6.45, 7) is 0.687. The number of hydrogen-bond acceptors (Lipinski definition) is 2. The number of allylic oxidation sites excluding steroid dienone is 1. The van der Waals surface area contributed by atoms with Crippen molar-refractivity contribution in [2.24, 2.45) is 5.73 Å². The number of fused-ring (bicyclic) bond motifs is 1. The van der Waals surface area contributed by atoms with Crippen LogP contribution in [-0.2, 0) is 6.54 Å². The van der Waals surface area contributed by atoms with Crippen molar-refractivity contribution in [3.8, 4) is 0 Å². The molecule has 0 spiro atoms. The number of nitrogens with two attached hydrogens (primary N) is 1. The molecule has 0 aromatic carbocycles. The first-order valence-corrected chi connectivity index (χ1v) is 3.56. The van der Waals surface area contributed by atoms with Gasteiger partial charge in [-0.05, 0) is 6.08 Å². The Bertz CT molecular complexity index is 341. The maximum absolute atomic E-state index is 10.9. The normalized spacial score (nSPS) is 14.5. The summed E-state index contributed by atoms with van der Waals surface area (Å²) in [4.78, 5) is 12.2. The second-order valence-electron chi connectivity index (χ2n) is 2.46. The fourth-order valence-corrected chi connectivity index (χ4v) is 1.19. The number of anilines is 1. The van der Waals surface area contributed by atoms with Gasteiger partial charge in [0, 0.05) is 12.3 Å².